The minimum Gasteiger partial charge on any atom is -0.481 e. The van der Waals surface area contributed by atoms with E-state index in [0.29, 0.717) is 35.4 Å². The molecule has 0 saturated carbocycles. The molecule has 2 aromatic heterocycles. The molecule has 160 valence electrons. The highest BCUT2D eigenvalue weighted by molar-refractivity contribution is 7.89. The fraction of sp³-hybridized carbons (Fsp3) is 0.400. The Morgan fingerprint density at radius 2 is 1.87 bits per heavy atom. The molecule has 1 aliphatic rings. The topological polar surface area (TPSA) is 86.4 Å². The number of rotatable bonds is 4. The molecule has 1 saturated heterocycles. The third-order valence-corrected chi connectivity index (χ3v) is 7.55. The molecule has 1 aromatic carbocycles. The van der Waals surface area contributed by atoms with Gasteiger partial charge >= 0.3 is 5.69 Å². The van der Waals surface area contributed by atoms with Gasteiger partial charge in [0.1, 0.15) is 10.7 Å². The second kappa shape index (κ2) is 7.51. The number of nitrogens with zero attached hydrogens (tertiary/aromatic N) is 4. The Bertz CT molecular complexity index is 1270. The van der Waals surface area contributed by atoms with E-state index < -0.39 is 15.8 Å². The van der Waals surface area contributed by atoms with Gasteiger partial charge < -0.3 is 4.74 Å². The average Bonchev–Trinajstić information content (AvgIpc) is 2.97. The first-order valence-corrected chi connectivity index (χ1v) is 11.1. The summed E-state index contributed by atoms with van der Waals surface area (Å²) in [6.45, 7) is 2.08. The summed E-state index contributed by atoms with van der Waals surface area (Å²) < 4.78 is 49.7. The molecule has 0 amide bonds. The number of halogens is 1. The fourth-order valence-corrected chi connectivity index (χ4v) is 5.47. The van der Waals surface area contributed by atoms with Crippen molar-refractivity contribution in [1.82, 2.24) is 18.4 Å². The largest absolute Gasteiger partial charge is 0.481 e. The molecule has 1 aliphatic heterocycles. The standard InChI is InChI=1S/C20H23FN4O4S/c1-13-4-6-17(15(21)12-13)30(27,28)24-10-8-14(9-11-24)25-19-16(23(2)20(25)26)5-7-18(22-19)29-3/h4-7,12,14H,8-11H2,1-3H3. The van der Waals surface area contributed by atoms with Gasteiger partial charge in [-0.15, -0.1) is 0 Å². The van der Waals surface area contributed by atoms with Gasteiger partial charge in [0.15, 0.2) is 5.65 Å². The summed E-state index contributed by atoms with van der Waals surface area (Å²) in [5, 5.41) is 0. The van der Waals surface area contributed by atoms with Crippen molar-refractivity contribution in [2.45, 2.75) is 30.7 Å². The van der Waals surface area contributed by atoms with Crippen LogP contribution in [0.1, 0.15) is 24.4 Å². The van der Waals surface area contributed by atoms with Crippen LogP contribution in [0, 0.1) is 12.7 Å². The van der Waals surface area contributed by atoms with Crippen LogP contribution in [0.2, 0.25) is 0 Å². The molecule has 0 atom stereocenters. The molecule has 0 N–H and O–H groups in total. The molecular formula is C20H23FN4O4S. The van der Waals surface area contributed by atoms with E-state index in [2.05, 4.69) is 4.98 Å². The van der Waals surface area contributed by atoms with Gasteiger partial charge in [-0.25, -0.2) is 17.6 Å². The third kappa shape index (κ3) is 3.29. The van der Waals surface area contributed by atoms with Gasteiger partial charge in [0, 0.05) is 32.2 Å². The number of ether oxygens (including phenoxy) is 1. The van der Waals surface area contributed by atoms with Crippen LogP contribution < -0.4 is 10.4 Å². The van der Waals surface area contributed by atoms with Crippen molar-refractivity contribution in [3.8, 4) is 5.88 Å². The Morgan fingerprint density at radius 1 is 1.17 bits per heavy atom. The molecule has 4 rings (SSSR count). The number of benzene rings is 1. The van der Waals surface area contributed by atoms with Crippen LogP contribution in [-0.4, -0.2) is 47.0 Å². The lowest BCUT2D eigenvalue weighted by molar-refractivity contribution is 0.272. The van der Waals surface area contributed by atoms with E-state index in [0.717, 1.165) is 0 Å². The van der Waals surface area contributed by atoms with Crippen molar-refractivity contribution >= 4 is 21.2 Å². The van der Waals surface area contributed by atoms with Crippen molar-refractivity contribution < 1.29 is 17.5 Å². The lowest BCUT2D eigenvalue weighted by Crippen LogP contribution is -2.41. The van der Waals surface area contributed by atoms with Crippen LogP contribution in [0.3, 0.4) is 0 Å². The molecule has 1 fully saturated rings. The predicted molar refractivity (Wildman–Crippen MR) is 110 cm³/mol. The minimum atomic E-state index is -3.94. The zero-order chi connectivity index (χ0) is 21.6. The Morgan fingerprint density at radius 3 is 2.50 bits per heavy atom. The summed E-state index contributed by atoms with van der Waals surface area (Å²) in [5.74, 6) is -0.351. The van der Waals surface area contributed by atoms with Gasteiger partial charge in [-0.05, 0) is 43.5 Å². The molecule has 10 heteroatoms. The number of aryl methyl sites for hydroxylation is 2. The Labute approximate surface area is 173 Å². The highest BCUT2D eigenvalue weighted by Gasteiger charge is 2.33. The number of fused-ring (bicyclic) bond motifs is 1. The highest BCUT2D eigenvalue weighted by atomic mass is 32.2. The van der Waals surface area contributed by atoms with Crippen LogP contribution in [0.5, 0.6) is 5.88 Å². The molecule has 0 bridgehead atoms. The second-order valence-electron chi connectivity index (χ2n) is 7.48. The minimum absolute atomic E-state index is 0.188. The number of piperidine rings is 1. The summed E-state index contributed by atoms with van der Waals surface area (Å²) >= 11 is 0. The van der Waals surface area contributed by atoms with Crippen molar-refractivity contribution in [1.29, 1.82) is 0 Å². The Hall–Kier alpha value is -2.72. The van der Waals surface area contributed by atoms with Gasteiger partial charge in [-0.1, -0.05) is 6.07 Å². The van der Waals surface area contributed by atoms with Gasteiger partial charge in [-0.2, -0.15) is 9.29 Å². The molecule has 0 radical (unpaired) electrons. The quantitative estimate of drug-likeness (QED) is 0.629. The van der Waals surface area contributed by atoms with E-state index in [1.807, 2.05) is 0 Å². The summed E-state index contributed by atoms with van der Waals surface area (Å²) in [5.41, 5.74) is 1.63. The molecule has 0 aliphatic carbocycles. The molecule has 3 heterocycles. The molecule has 30 heavy (non-hydrogen) atoms. The molecule has 8 nitrogen and oxygen atoms in total. The summed E-state index contributed by atoms with van der Waals surface area (Å²) in [6, 6.07) is 7.36. The SMILES string of the molecule is COc1ccc2c(n1)n(C1CCN(S(=O)(=O)c3ccc(C)cc3F)CC1)c(=O)n2C. The predicted octanol–water partition coefficient (Wildman–Crippen LogP) is 2.22. The maximum atomic E-state index is 14.3. The van der Waals surface area contributed by atoms with Crippen LogP contribution in [0.4, 0.5) is 4.39 Å². The molecule has 0 unspecified atom stereocenters. The lowest BCUT2D eigenvalue weighted by Gasteiger charge is -2.31. The van der Waals surface area contributed by atoms with Crippen LogP contribution >= 0.6 is 0 Å². The van der Waals surface area contributed by atoms with Crippen LogP contribution in [-0.2, 0) is 17.1 Å². The summed E-state index contributed by atoms with van der Waals surface area (Å²) in [4.78, 5) is 16.9. The number of aromatic nitrogens is 3. The fourth-order valence-electron chi connectivity index (χ4n) is 3.96. The van der Waals surface area contributed by atoms with Crippen molar-refractivity contribution in [2.75, 3.05) is 20.2 Å². The van der Waals surface area contributed by atoms with E-state index in [9.17, 15) is 17.6 Å². The third-order valence-electron chi connectivity index (χ3n) is 5.61. The number of imidazole rings is 1. The number of hydrogen-bond donors (Lipinski definition) is 0. The molecular weight excluding hydrogens is 411 g/mol. The van der Waals surface area contributed by atoms with E-state index in [1.165, 1.54) is 28.1 Å². The Kier molecular flexibility index (Phi) is 5.15. The zero-order valence-corrected chi connectivity index (χ0v) is 17.8. The number of hydrogen-bond acceptors (Lipinski definition) is 5. The first kappa shape index (κ1) is 20.5. The van der Waals surface area contributed by atoms with Gasteiger partial charge in [0.05, 0.1) is 12.6 Å². The number of methoxy groups -OCH3 is 1. The van der Waals surface area contributed by atoms with E-state index in [4.69, 9.17) is 4.74 Å². The highest BCUT2D eigenvalue weighted by Crippen LogP contribution is 2.29. The number of pyridine rings is 1. The van der Waals surface area contributed by atoms with Gasteiger partial charge in [0.2, 0.25) is 15.9 Å². The first-order valence-electron chi connectivity index (χ1n) is 9.62. The summed E-state index contributed by atoms with van der Waals surface area (Å²) in [7, 11) is -0.760. The van der Waals surface area contributed by atoms with Crippen molar-refractivity contribution in [3.05, 3.63) is 52.2 Å². The van der Waals surface area contributed by atoms with Crippen molar-refractivity contribution in [2.24, 2.45) is 7.05 Å². The van der Waals surface area contributed by atoms with E-state index in [1.54, 1.807) is 36.7 Å². The zero-order valence-electron chi connectivity index (χ0n) is 17.0. The smallest absolute Gasteiger partial charge is 0.330 e. The second-order valence-corrected chi connectivity index (χ2v) is 9.38. The van der Waals surface area contributed by atoms with Gasteiger partial charge in [-0.3, -0.25) is 9.13 Å². The first-order chi connectivity index (χ1) is 14.2. The van der Waals surface area contributed by atoms with E-state index in [-0.39, 0.29) is 29.7 Å². The van der Waals surface area contributed by atoms with E-state index >= 15 is 0 Å². The maximum Gasteiger partial charge on any atom is 0.330 e. The van der Waals surface area contributed by atoms with Crippen LogP contribution in [0.15, 0.2) is 40.0 Å². The Balaban J connectivity index is 1.62. The molecule has 3 aromatic rings. The monoisotopic (exact) mass is 434 g/mol. The summed E-state index contributed by atoms with van der Waals surface area (Å²) in [6.07, 6.45) is 0.843. The van der Waals surface area contributed by atoms with Crippen LogP contribution in [0.25, 0.3) is 11.2 Å². The normalized spacial score (nSPS) is 16.3. The number of sulfonamides is 1. The maximum absolute atomic E-state index is 14.3. The molecule has 0 spiro atoms. The van der Waals surface area contributed by atoms with Gasteiger partial charge in [0.25, 0.3) is 0 Å². The van der Waals surface area contributed by atoms with Crippen molar-refractivity contribution in [3.63, 3.8) is 0 Å². The lowest BCUT2D eigenvalue weighted by atomic mass is 10.1. The average molecular weight is 434 g/mol.